The first kappa shape index (κ1) is 65.8. The SMILES string of the molecule is C#Cc1cccc2cc(Cl)cc(-c3ncc4c(N5C[C@@H]6[C@H]5CCN6C(=O)C=C)ncnc4c3F)c12.C=CC(=O)OC(=O)C=C.CC(C)[Si](C#Cc1cccc2cc(Cl)cc(-c3ncc4c(N5C[C@@H]6[C@H]5CCN6C(=O)OC(C)(C)C)ncnc4c3F)c12)(C(C)C)C(C)C. The molecule has 12 rings (SSSR count). The molecule has 0 saturated carbocycles. The average Bonchev–Trinajstić information content (AvgIpc) is 1.70. The van der Waals surface area contributed by atoms with E-state index in [1.807, 2.05) is 62.1 Å². The van der Waals surface area contributed by atoms with Gasteiger partial charge in [-0.3, -0.25) is 14.8 Å². The molecule has 4 saturated heterocycles. The molecule has 8 aromatic rings. The lowest BCUT2D eigenvalue weighted by Gasteiger charge is -2.47. The number of aromatic nitrogens is 6. The summed E-state index contributed by atoms with van der Waals surface area (Å²) < 4.78 is 42.3. The third-order valence-corrected chi connectivity index (χ3v) is 24.5. The van der Waals surface area contributed by atoms with Gasteiger partial charge in [0.25, 0.3) is 0 Å². The lowest BCUT2D eigenvalue weighted by atomic mass is 9.95. The summed E-state index contributed by atoms with van der Waals surface area (Å²) in [6, 6.07) is 18.9. The van der Waals surface area contributed by atoms with E-state index in [1.54, 1.807) is 41.6 Å². The Morgan fingerprint density at radius 3 is 1.55 bits per heavy atom. The second kappa shape index (κ2) is 26.6. The minimum Gasteiger partial charge on any atom is -0.444 e. The van der Waals surface area contributed by atoms with Crippen LogP contribution < -0.4 is 9.80 Å². The summed E-state index contributed by atoms with van der Waals surface area (Å²) in [6.45, 7) is 31.6. The number of carbonyl (C=O) groups excluding carboxylic acids is 4. The fourth-order valence-corrected chi connectivity index (χ4v) is 19.3. The normalized spacial score (nSPS) is 17.3. The average molecular weight is 1300 g/mol. The number of nitrogens with zero attached hydrogens (tertiary/aromatic N) is 10. The summed E-state index contributed by atoms with van der Waals surface area (Å²) in [5, 5.41) is 5.21. The van der Waals surface area contributed by atoms with Gasteiger partial charge in [-0.05, 0) is 103 Å². The van der Waals surface area contributed by atoms with Gasteiger partial charge in [0.1, 0.15) is 60.4 Å². The summed E-state index contributed by atoms with van der Waals surface area (Å²) >= 11 is 13.0. The van der Waals surface area contributed by atoms with Gasteiger partial charge in [0.2, 0.25) is 5.91 Å². The fourth-order valence-electron chi connectivity index (χ4n) is 13.6. The second-order valence-electron chi connectivity index (χ2n) is 25.0. The summed E-state index contributed by atoms with van der Waals surface area (Å²) in [6.07, 6.45) is 16.2. The molecule has 4 aromatic heterocycles. The Hall–Kier alpha value is -9.14. The third-order valence-electron chi connectivity index (χ3n) is 17.8. The Morgan fingerprint density at radius 1 is 0.652 bits per heavy atom. The topological polar surface area (TPSA) is 177 Å². The molecular weight excluding hydrogens is 1230 g/mol. The Bertz CT molecular complexity index is 4410. The van der Waals surface area contributed by atoms with Crippen molar-refractivity contribution in [1.29, 1.82) is 0 Å². The van der Waals surface area contributed by atoms with Crippen LogP contribution in [0.25, 0.3) is 65.9 Å². The predicted octanol–water partition coefficient (Wildman–Crippen LogP) is 14.4. The molecule has 4 atom stereocenters. The van der Waals surface area contributed by atoms with Crippen LogP contribution in [0.15, 0.2) is 124 Å². The second-order valence-corrected chi connectivity index (χ2v) is 31.4. The zero-order valence-corrected chi connectivity index (χ0v) is 55.2. The maximum atomic E-state index is 16.7. The maximum absolute atomic E-state index is 16.7. The van der Waals surface area contributed by atoms with E-state index in [0.29, 0.717) is 97.3 Å². The van der Waals surface area contributed by atoms with Crippen molar-refractivity contribution >= 4 is 110 Å². The Labute approximate surface area is 544 Å². The van der Waals surface area contributed by atoms with E-state index in [-0.39, 0.29) is 58.6 Å². The highest BCUT2D eigenvalue weighted by Gasteiger charge is 2.52. The van der Waals surface area contributed by atoms with Crippen LogP contribution in [-0.2, 0) is 23.9 Å². The molecule has 4 aliphatic heterocycles. The number of carbonyl (C=O) groups is 4. The van der Waals surface area contributed by atoms with Crippen molar-refractivity contribution in [3.63, 3.8) is 0 Å². The van der Waals surface area contributed by atoms with E-state index < -0.39 is 37.2 Å². The number of fused-ring (bicyclic) bond motifs is 6. The minimum atomic E-state index is -2.03. The smallest absolute Gasteiger partial charge is 0.410 e. The van der Waals surface area contributed by atoms with Crippen molar-refractivity contribution in [3.8, 4) is 46.3 Å². The van der Waals surface area contributed by atoms with Crippen LogP contribution in [0.4, 0.5) is 25.2 Å². The molecule has 0 radical (unpaired) electrons. The summed E-state index contributed by atoms with van der Waals surface area (Å²) in [7, 11) is -2.03. The van der Waals surface area contributed by atoms with Gasteiger partial charge in [-0.15, -0.1) is 12.0 Å². The van der Waals surface area contributed by atoms with Crippen molar-refractivity contribution in [2.75, 3.05) is 36.0 Å². The first-order chi connectivity index (χ1) is 43.8. The Kier molecular flexibility index (Phi) is 19.0. The van der Waals surface area contributed by atoms with Crippen LogP contribution in [0.5, 0.6) is 0 Å². The monoisotopic (exact) mass is 1290 g/mol. The molecule has 92 heavy (non-hydrogen) atoms. The van der Waals surface area contributed by atoms with Gasteiger partial charge in [-0.25, -0.2) is 43.1 Å². The number of hydrogen-bond acceptors (Lipinski definition) is 14. The third kappa shape index (κ3) is 12.4. The number of ether oxygens (including phenoxy) is 2. The number of pyridine rings is 2. The van der Waals surface area contributed by atoms with E-state index in [1.165, 1.54) is 18.7 Å². The molecule has 8 heterocycles. The van der Waals surface area contributed by atoms with Crippen molar-refractivity contribution in [3.05, 3.63) is 156 Å². The summed E-state index contributed by atoms with van der Waals surface area (Å²) in [5.41, 5.74) is 7.94. The predicted molar refractivity (Wildman–Crippen MR) is 362 cm³/mol. The molecule has 0 aliphatic carbocycles. The molecule has 16 nitrogen and oxygen atoms in total. The molecule has 2 amide bonds. The molecule has 0 unspecified atom stereocenters. The number of likely N-dealkylation sites (tertiary alicyclic amines) is 2. The Morgan fingerprint density at radius 2 is 1.11 bits per heavy atom. The maximum Gasteiger partial charge on any atom is 0.410 e. The quantitative estimate of drug-likeness (QED) is 0.0415. The van der Waals surface area contributed by atoms with E-state index in [4.69, 9.17) is 39.3 Å². The highest BCUT2D eigenvalue weighted by molar-refractivity contribution is 6.90. The fraction of sp³-hybridized carbons (Fsp3) is 0.324. The van der Waals surface area contributed by atoms with Gasteiger partial charge in [-0.2, -0.15) is 0 Å². The van der Waals surface area contributed by atoms with Crippen LogP contribution in [0, 0.1) is 35.4 Å². The van der Waals surface area contributed by atoms with Gasteiger partial charge in [0.15, 0.2) is 11.6 Å². The van der Waals surface area contributed by atoms with Crippen molar-refractivity contribution in [1.82, 2.24) is 39.7 Å². The van der Waals surface area contributed by atoms with Gasteiger partial charge < -0.3 is 29.1 Å². The van der Waals surface area contributed by atoms with Crippen molar-refractivity contribution in [2.24, 2.45) is 0 Å². The Balaban J connectivity index is 0.000000184. The molecule has 4 aliphatic rings. The molecule has 0 bridgehead atoms. The van der Waals surface area contributed by atoms with Crippen molar-refractivity contribution < 1.29 is 37.4 Å². The minimum absolute atomic E-state index is 0.0168. The zero-order chi connectivity index (χ0) is 66.2. The first-order valence-electron chi connectivity index (χ1n) is 30.4. The number of halogens is 4. The molecule has 4 aromatic carbocycles. The number of terminal acetylenes is 1. The number of anilines is 2. The van der Waals surface area contributed by atoms with Crippen LogP contribution in [0.1, 0.15) is 86.3 Å². The van der Waals surface area contributed by atoms with Crippen molar-refractivity contribution in [2.45, 2.75) is 122 Å². The van der Waals surface area contributed by atoms with E-state index >= 15 is 8.78 Å². The molecule has 21 heteroatoms. The molecule has 0 spiro atoms. The number of hydrogen-bond donors (Lipinski definition) is 0. The standard InChI is InChI=1S/C38H45ClFN5O2Si.C27H19ClFN5O.C6H6O3/c1-22(2)48(23(3)4,24(5)6)16-14-25-11-10-12-26-17-27(39)18-28(32(25)26)34-33(40)35-29(19-41-34)36(43-21-42-35)45-20-31-30(45)13-15-44(31)37(46)47-38(7,8)9;1-3-15-6-5-7-16-10-17(28)11-18(23(15)16)25-24(29)26-19(12-30-25)27(32-14-31-26)34-13-21-20(34)8-9-33(21)22(35)4-2;1-3-5(7)9-6(8)4-2/h10-12,17-19,21-24,30-31H,13,15,20H2,1-9H3;1,4-7,10-12,14,20-21H,2,8-9,13H2;3-4H,1-2H2/t30-,31-;20-,21-;/m11./s1. The highest BCUT2D eigenvalue weighted by Crippen LogP contribution is 2.45. The van der Waals surface area contributed by atoms with Crippen LogP contribution in [0.3, 0.4) is 0 Å². The largest absolute Gasteiger partial charge is 0.444 e. The zero-order valence-electron chi connectivity index (χ0n) is 52.7. The van der Waals surface area contributed by atoms with Gasteiger partial charge >= 0.3 is 18.0 Å². The van der Waals surface area contributed by atoms with E-state index in [2.05, 4.69) is 118 Å². The van der Waals surface area contributed by atoms with Crippen LogP contribution >= 0.6 is 23.2 Å². The molecule has 0 N–H and O–H groups in total. The number of amides is 2. The van der Waals surface area contributed by atoms with Gasteiger partial charge in [0, 0.05) is 93.8 Å². The summed E-state index contributed by atoms with van der Waals surface area (Å²) in [5.74, 6) is 4.81. The highest BCUT2D eigenvalue weighted by atomic mass is 35.5. The van der Waals surface area contributed by atoms with Gasteiger partial charge in [-0.1, -0.05) is 121 Å². The van der Waals surface area contributed by atoms with E-state index in [0.717, 1.165) is 46.7 Å². The van der Waals surface area contributed by atoms with Gasteiger partial charge in [0.05, 0.1) is 34.9 Å². The summed E-state index contributed by atoms with van der Waals surface area (Å²) in [4.78, 5) is 80.0. The number of esters is 2. The van der Waals surface area contributed by atoms with Crippen LogP contribution in [-0.4, -0.2) is 128 Å². The number of benzene rings is 4. The first-order valence-corrected chi connectivity index (χ1v) is 33.3. The molecule has 472 valence electrons. The molecular formula is C71H70Cl2F2N10O6Si. The lowest BCUT2D eigenvalue weighted by Crippen LogP contribution is -2.63. The van der Waals surface area contributed by atoms with E-state index in [9.17, 15) is 19.2 Å². The number of rotatable bonds is 10. The van der Waals surface area contributed by atoms with Crippen LogP contribution in [0.2, 0.25) is 26.7 Å². The lowest BCUT2D eigenvalue weighted by molar-refractivity contribution is -0.152. The molecule has 4 fully saturated rings.